The molecule has 0 bridgehead atoms. The first-order chi connectivity index (χ1) is 3.43. The Hall–Kier alpha value is -0.0431. The smallest absolute Gasteiger partial charge is 0.0461 e. The summed E-state index contributed by atoms with van der Waals surface area (Å²) < 4.78 is 0. The van der Waals surface area contributed by atoms with E-state index in [1.165, 1.54) is 19.3 Å². The third kappa shape index (κ3) is 1.16. The average Bonchev–Trinajstić information content (AvgIpc) is 2.14. The van der Waals surface area contributed by atoms with Crippen molar-refractivity contribution in [2.24, 2.45) is 0 Å². The average molecular weight is 112 g/mol. The summed E-state index contributed by atoms with van der Waals surface area (Å²) in [5, 5.41) is 1.81. The highest BCUT2D eigenvalue weighted by Gasteiger charge is 1.99. The van der Waals surface area contributed by atoms with Gasteiger partial charge in [-0.1, -0.05) is 17.8 Å². The number of hydrogen-bond acceptors (Lipinski definition) is 0. The molecule has 0 aliphatic heterocycles. The van der Waals surface area contributed by atoms with Crippen molar-refractivity contribution in [2.75, 3.05) is 0 Å². The molecule has 0 radical (unpaired) electrons. The first-order valence-corrected chi connectivity index (χ1v) is 5.23. The van der Waals surface area contributed by atoms with Crippen LogP contribution in [0.3, 0.4) is 0 Å². The zero-order valence-electron chi connectivity index (χ0n) is 4.91. The molecule has 1 rings (SSSR count). The molecule has 0 aromatic carbocycles. The lowest BCUT2D eigenvalue weighted by atomic mass is 10.4. The fourth-order valence-corrected chi connectivity index (χ4v) is 2.15. The van der Waals surface area contributed by atoms with Gasteiger partial charge in [-0.05, 0) is 19.3 Å². The van der Waals surface area contributed by atoms with Crippen molar-refractivity contribution < 1.29 is 0 Å². The summed E-state index contributed by atoms with van der Waals surface area (Å²) in [6.45, 7) is 2.37. The van der Waals surface area contributed by atoms with Crippen LogP contribution in [0.1, 0.15) is 19.3 Å². The Morgan fingerprint density at radius 3 is 2.86 bits per heavy atom. The van der Waals surface area contributed by atoms with Gasteiger partial charge in [0.1, 0.15) is 0 Å². The van der Waals surface area contributed by atoms with Crippen molar-refractivity contribution in [3.63, 3.8) is 0 Å². The molecule has 0 unspecified atom stereocenters. The SMILES string of the molecule is C[SiH2]C1=CCCC1. The molecule has 1 heteroatoms. The van der Waals surface area contributed by atoms with E-state index in [1.54, 1.807) is 5.20 Å². The van der Waals surface area contributed by atoms with Crippen molar-refractivity contribution >= 4 is 9.52 Å². The maximum atomic E-state index is 2.44. The van der Waals surface area contributed by atoms with E-state index in [2.05, 4.69) is 12.6 Å². The quantitative estimate of drug-likeness (QED) is 0.448. The van der Waals surface area contributed by atoms with E-state index in [-0.39, 0.29) is 9.52 Å². The Kier molecular flexibility index (Phi) is 1.68. The van der Waals surface area contributed by atoms with Crippen LogP contribution >= 0.6 is 0 Å². The Bertz CT molecular complexity index is 84.2. The number of allylic oxidation sites excluding steroid dienone is 2. The van der Waals surface area contributed by atoms with Crippen molar-refractivity contribution in [3.05, 3.63) is 11.3 Å². The highest BCUT2D eigenvalue weighted by Crippen LogP contribution is 2.15. The predicted octanol–water partition coefficient (Wildman–Crippen LogP) is 1.27. The first-order valence-electron chi connectivity index (χ1n) is 3.11. The fourth-order valence-electron chi connectivity index (χ4n) is 1.06. The monoisotopic (exact) mass is 112 g/mol. The fraction of sp³-hybridized carbons (Fsp3) is 0.667. The van der Waals surface area contributed by atoms with Gasteiger partial charge in [-0.15, -0.1) is 0 Å². The zero-order valence-corrected chi connectivity index (χ0v) is 6.32. The van der Waals surface area contributed by atoms with Crippen molar-refractivity contribution in [1.82, 2.24) is 0 Å². The Morgan fingerprint density at radius 2 is 2.57 bits per heavy atom. The van der Waals surface area contributed by atoms with Crippen LogP contribution < -0.4 is 0 Å². The topological polar surface area (TPSA) is 0 Å². The van der Waals surface area contributed by atoms with Gasteiger partial charge in [0.05, 0.1) is 0 Å². The molecule has 0 aromatic heterocycles. The molecule has 0 saturated carbocycles. The molecule has 0 heterocycles. The molecule has 0 atom stereocenters. The Morgan fingerprint density at radius 1 is 1.71 bits per heavy atom. The minimum Gasteiger partial charge on any atom is -0.0921 e. The Balaban J connectivity index is 2.36. The van der Waals surface area contributed by atoms with Crippen molar-refractivity contribution in [3.8, 4) is 0 Å². The lowest BCUT2D eigenvalue weighted by molar-refractivity contribution is 0.923. The lowest BCUT2D eigenvalue weighted by Gasteiger charge is -1.88. The van der Waals surface area contributed by atoms with Gasteiger partial charge in [-0.25, -0.2) is 0 Å². The molecule has 0 aromatic rings. The van der Waals surface area contributed by atoms with Gasteiger partial charge in [-0.3, -0.25) is 0 Å². The maximum Gasteiger partial charge on any atom is 0.0461 e. The molecule has 1 aliphatic carbocycles. The molecule has 7 heavy (non-hydrogen) atoms. The van der Waals surface area contributed by atoms with Gasteiger partial charge in [-0.2, -0.15) is 0 Å². The van der Waals surface area contributed by atoms with Crippen LogP contribution in [-0.2, 0) is 0 Å². The zero-order chi connectivity index (χ0) is 5.11. The summed E-state index contributed by atoms with van der Waals surface area (Å²) in [6, 6.07) is 0. The van der Waals surface area contributed by atoms with E-state index in [4.69, 9.17) is 0 Å². The van der Waals surface area contributed by atoms with E-state index >= 15 is 0 Å². The molecule has 0 N–H and O–H groups in total. The van der Waals surface area contributed by atoms with Gasteiger partial charge < -0.3 is 0 Å². The molecular weight excluding hydrogens is 100 g/mol. The highest BCUT2D eigenvalue weighted by atomic mass is 28.2. The molecule has 0 nitrogen and oxygen atoms in total. The van der Waals surface area contributed by atoms with Gasteiger partial charge in [0.25, 0.3) is 0 Å². The number of hydrogen-bond donors (Lipinski definition) is 0. The molecule has 1 aliphatic rings. The van der Waals surface area contributed by atoms with E-state index in [1.807, 2.05) is 0 Å². The molecule has 0 spiro atoms. The standard InChI is InChI=1S/C6H12Si/c1-7-6-4-2-3-5-6/h4H,2-3,5,7H2,1H3. The van der Waals surface area contributed by atoms with Crippen LogP contribution in [-0.4, -0.2) is 9.52 Å². The summed E-state index contributed by atoms with van der Waals surface area (Å²) in [6.07, 6.45) is 6.68. The summed E-state index contributed by atoms with van der Waals surface area (Å²) >= 11 is 0. The second kappa shape index (κ2) is 2.31. The summed E-state index contributed by atoms with van der Waals surface area (Å²) in [5.74, 6) is 0. The van der Waals surface area contributed by atoms with Crippen LogP contribution in [0, 0.1) is 0 Å². The molecule has 0 saturated heterocycles. The summed E-state index contributed by atoms with van der Waals surface area (Å²) in [7, 11) is 0.252. The molecule has 0 fully saturated rings. The van der Waals surface area contributed by atoms with E-state index in [0.717, 1.165) is 0 Å². The van der Waals surface area contributed by atoms with Crippen LogP contribution in [0.4, 0.5) is 0 Å². The lowest BCUT2D eigenvalue weighted by Crippen LogP contribution is -1.83. The van der Waals surface area contributed by atoms with Crippen molar-refractivity contribution in [1.29, 1.82) is 0 Å². The van der Waals surface area contributed by atoms with Gasteiger partial charge in [0.15, 0.2) is 0 Å². The first kappa shape index (κ1) is 5.10. The largest absolute Gasteiger partial charge is 0.0921 e. The normalized spacial score (nSPS) is 21.6. The predicted molar refractivity (Wildman–Crippen MR) is 36.3 cm³/mol. The van der Waals surface area contributed by atoms with Gasteiger partial charge in [0, 0.05) is 9.52 Å². The minimum atomic E-state index is 0.252. The summed E-state index contributed by atoms with van der Waals surface area (Å²) in [5.41, 5.74) is 0. The summed E-state index contributed by atoms with van der Waals surface area (Å²) in [4.78, 5) is 0. The maximum absolute atomic E-state index is 2.44. The van der Waals surface area contributed by atoms with Gasteiger partial charge in [0.2, 0.25) is 0 Å². The highest BCUT2D eigenvalue weighted by molar-refractivity contribution is 6.43. The molecule has 0 amide bonds. The third-order valence-electron chi connectivity index (χ3n) is 1.59. The van der Waals surface area contributed by atoms with Crippen molar-refractivity contribution in [2.45, 2.75) is 25.8 Å². The van der Waals surface area contributed by atoms with Crippen LogP contribution in [0.15, 0.2) is 11.3 Å². The second-order valence-electron chi connectivity index (χ2n) is 2.11. The van der Waals surface area contributed by atoms with Gasteiger partial charge >= 0.3 is 0 Å². The third-order valence-corrected chi connectivity index (χ3v) is 3.14. The van der Waals surface area contributed by atoms with Crippen LogP contribution in [0.2, 0.25) is 6.55 Å². The van der Waals surface area contributed by atoms with E-state index < -0.39 is 0 Å². The number of rotatable bonds is 1. The second-order valence-corrected chi connectivity index (χ2v) is 3.72. The van der Waals surface area contributed by atoms with E-state index in [9.17, 15) is 0 Å². The van der Waals surface area contributed by atoms with E-state index in [0.29, 0.717) is 0 Å². The van der Waals surface area contributed by atoms with Crippen LogP contribution in [0.5, 0.6) is 0 Å². The van der Waals surface area contributed by atoms with Crippen LogP contribution in [0.25, 0.3) is 0 Å². The minimum absolute atomic E-state index is 0.252. The Labute approximate surface area is 47.4 Å². The molecule has 40 valence electrons. The molecular formula is C6H12Si.